The number of esters is 1. The van der Waals surface area contributed by atoms with Crippen LogP contribution in [0.1, 0.15) is 61.1 Å². The van der Waals surface area contributed by atoms with Gasteiger partial charge in [-0.15, -0.1) is 0 Å². The van der Waals surface area contributed by atoms with Gasteiger partial charge in [-0.1, -0.05) is 54.2 Å². The lowest BCUT2D eigenvalue weighted by Gasteiger charge is -2.22. The first-order valence-corrected chi connectivity index (χ1v) is 11.7. The Morgan fingerprint density at radius 3 is 2.56 bits per heavy atom. The van der Waals surface area contributed by atoms with Gasteiger partial charge < -0.3 is 9.15 Å². The number of nitrogens with zero attached hydrogens (tertiary/aromatic N) is 2. The Morgan fingerprint density at radius 2 is 1.88 bits per heavy atom. The average Bonchev–Trinajstić information content (AvgIpc) is 3.36. The fraction of sp³-hybridized carbons (Fsp3) is 0.231. The van der Waals surface area contributed by atoms with Crippen LogP contribution < -0.4 is 10.3 Å². The first-order valence-electron chi connectivity index (χ1n) is 10.9. The minimum Gasteiger partial charge on any atom is -0.465 e. The van der Waals surface area contributed by atoms with E-state index in [2.05, 4.69) is 11.9 Å². The number of aryl methyl sites for hydroxylation is 3. The van der Waals surface area contributed by atoms with E-state index in [1.165, 1.54) is 12.0 Å². The maximum absolute atomic E-state index is 13.7. The van der Waals surface area contributed by atoms with Crippen molar-refractivity contribution in [2.45, 2.75) is 33.2 Å². The van der Waals surface area contributed by atoms with Crippen LogP contribution >= 0.6 is 11.3 Å². The SMILES string of the molecule is CCc1ccc([C@H]2c3c(oc4ccc(C)cc4c3=O)C(=O)N2c2nc(C)c(C(=O)OC)s2)cc1. The van der Waals surface area contributed by atoms with Crippen LogP contribution in [0.15, 0.2) is 51.7 Å². The van der Waals surface area contributed by atoms with Crippen molar-refractivity contribution in [2.24, 2.45) is 0 Å². The number of fused-ring (bicyclic) bond motifs is 2. The van der Waals surface area contributed by atoms with Crippen molar-refractivity contribution in [1.82, 2.24) is 4.98 Å². The van der Waals surface area contributed by atoms with Gasteiger partial charge >= 0.3 is 5.97 Å². The zero-order chi connectivity index (χ0) is 24.1. The molecule has 0 N–H and O–H groups in total. The third kappa shape index (κ3) is 3.33. The van der Waals surface area contributed by atoms with E-state index in [0.717, 1.165) is 34.4 Å². The molecule has 0 aliphatic carbocycles. The van der Waals surface area contributed by atoms with Gasteiger partial charge in [0.1, 0.15) is 10.5 Å². The summed E-state index contributed by atoms with van der Waals surface area (Å²) in [5.41, 5.74) is 3.66. The molecule has 0 fully saturated rings. The molecular formula is C26H22N2O5S. The van der Waals surface area contributed by atoms with Gasteiger partial charge in [0.15, 0.2) is 10.6 Å². The molecule has 5 rings (SSSR count). The zero-order valence-electron chi connectivity index (χ0n) is 19.2. The second-order valence-electron chi connectivity index (χ2n) is 8.25. The number of amides is 1. The van der Waals surface area contributed by atoms with Gasteiger partial charge in [0.05, 0.1) is 29.8 Å². The Balaban J connectivity index is 1.77. The van der Waals surface area contributed by atoms with Crippen LogP contribution in [-0.2, 0) is 11.2 Å². The Kier molecular flexibility index (Phi) is 5.32. The molecule has 0 saturated carbocycles. The molecule has 2 aromatic heterocycles. The standard InChI is InChI=1S/C26H22N2O5S/c1-5-15-7-9-16(10-8-15)20-19-21(29)17-12-13(2)6-11-18(17)33-22(19)24(30)28(20)26-27-14(3)23(34-26)25(31)32-4/h6-12,20H,5H2,1-4H3/t20-/m0/s1. The number of hydrogen-bond acceptors (Lipinski definition) is 7. The minimum atomic E-state index is -0.731. The van der Waals surface area contributed by atoms with Crippen LogP contribution in [0.3, 0.4) is 0 Å². The summed E-state index contributed by atoms with van der Waals surface area (Å²) in [6.07, 6.45) is 0.865. The summed E-state index contributed by atoms with van der Waals surface area (Å²) in [5.74, 6) is -0.993. The van der Waals surface area contributed by atoms with Crippen LogP contribution in [0.25, 0.3) is 11.0 Å². The second-order valence-corrected chi connectivity index (χ2v) is 9.23. The quantitative estimate of drug-likeness (QED) is 0.388. The third-order valence-electron chi connectivity index (χ3n) is 6.09. The summed E-state index contributed by atoms with van der Waals surface area (Å²) in [5, 5.41) is 0.729. The van der Waals surface area contributed by atoms with Gasteiger partial charge in [0, 0.05) is 0 Å². The Hall–Kier alpha value is -3.78. The molecule has 0 unspecified atom stereocenters. The number of rotatable bonds is 4. The van der Waals surface area contributed by atoms with E-state index in [1.807, 2.05) is 37.3 Å². The minimum absolute atomic E-state index is 0.00149. The number of hydrogen-bond donors (Lipinski definition) is 0. The predicted molar refractivity (Wildman–Crippen MR) is 130 cm³/mol. The van der Waals surface area contributed by atoms with Crippen LogP contribution in [0, 0.1) is 13.8 Å². The first-order chi connectivity index (χ1) is 16.3. The fourth-order valence-electron chi connectivity index (χ4n) is 4.30. The Bertz CT molecular complexity index is 1520. The van der Waals surface area contributed by atoms with Gasteiger partial charge in [0.2, 0.25) is 5.76 Å². The van der Waals surface area contributed by atoms with E-state index in [4.69, 9.17) is 9.15 Å². The van der Waals surface area contributed by atoms with Crippen molar-refractivity contribution in [3.63, 3.8) is 0 Å². The van der Waals surface area contributed by atoms with Crippen molar-refractivity contribution in [3.05, 3.63) is 91.3 Å². The summed E-state index contributed by atoms with van der Waals surface area (Å²) in [6, 6.07) is 12.4. The predicted octanol–water partition coefficient (Wildman–Crippen LogP) is 4.97. The largest absolute Gasteiger partial charge is 0.465 e. The number of methoxy groups -OCH3 is 1. The lowest BCUT2D eigenvalue weighted by atomic mass is 9.97. The highest BCUT2D eigenvalue weighted by Crippen LogP contribution is 2.43. The van der Waals surface area contributed by atoms with E-state index >= 15 is 0 Å². The fourth-order valence-corrected chi connectivity index (χ4v) is 5.31. The van der Waals surface area contributed by atoms with Crippen molar-refractivity contribution < 1.29 is 18.7 Å². The molecule has 0 saturated heterocycles. The van der Waals surface area contributed by atoms with Gasteiger partial charge in [-0.2, -0.15) is 0 Å². The van der Waals surface area contributed by atoms with Gasteiger partial charge in [0.25, 0.3) is 5.91 Å². The van der Waals surface area contributed by atoms with Gasteiger partial charge in [-0.25, -0.2) is 9.78 Å². The molecule has 1 aliphatic rings. The summed E-state index contributed by atoms with van der Waals surface area (Å²) in [6.45, 7) is 5.65. The number of carbonyl (C=O) groups is 2. The molecule has 0 radical (unpaired) electrons. The van der Waals surface area contributed by atoms with E-state index in [1.54, 1.807) is 19.1 Å². The molecule has 1 atom stereocenters. The maximum atomic E-state index is 13.7. The average molecular weight is 475 g/mol. The van der Waals surface area contributed by atoms with E-state index < -0.39 is 17.9 Å². The molecule has 34 heavy (non-hydrogen) atoms. The molecule has 1 aliphatic heterocycles. The number of carbonyl (C=O) groups excluding carboxylic acids is 2. The summed E-state index contributed by atoms with van der Waals surface area (Å²) in [7, 11) is 1.30. The van der Waals surface area contributed by atoms with Gasteiger partial charge in [-0.05, 0) is 43.5 Å². The van der Waals surface area contributed by atoms with Crippen molar-refractivity contribution in [3.8, 4) is 0 Å². The molecule has 7 nitrogen and oxygen atoms in total. The van der Waals surface area contributed by atoms with Crippen LogP contribution in [0.2, 0.25) is 0 Å². The summed E-state index contributed by atoms with van der Waals surface area (Å²) in [4.78, 5) is 45.8. The van der Waals surface area contributed by atoms with Crippen LogP contribution in [-0.4, -0.2) is 24.0 Å². The molecule has 1 amide bonds. The number of anilines is 1. The second kappa shape index (κ2) is 8.22. The summed E-state index contributed by atoms with van der Waals surface area (Å²) >= 11 is 1.06. The van der Waals surface area contributed by atoms with Gasteiger partial charge in [-0.3, -0.25) is 14.5 Å². The van der Waals surface area contributed by atoms with Crippen molar-refractivity contribution in [1.29, 1.82) is 0 Å². The number of ether oxygens (including phenoxy) is 1. The van der Waals surface area contributed by atoms with E-state index in [9.17, 15) is 14.4 Å². The number of thiazole rings is 1. The van der Waals surface area contributed by atoms with Crippen molar-refractivity contribution >= 4 is 39.3 Å². The number of aromatic nitrogens is 1. The molecule has 0 spiro atoms. The van der Waals surface area contributed by atoms with E-state index in [-0.39, 0.29) is 16.8 Å². The topological polar surface area (TPSA) is 89.7 Å². The highest BCUT2D eigenvalue weighted by atomic mass is 32.1. The molecule has 2 aromatic carbocycles. The third-order valence-corrected chi connectivity index (χ3v) is 7.23. The Labute approximate surface area is 199 Å². The lowest BCUT2D eigenvalue weighted by molar-refractivity contribution is 0.0605. The molecule has 0 bridgehead atoms. The molecule has 4 aromatic rings. The highest BCUT2D eigenvalue weighted by molar-refractivity contribution is 7.17. The molecule has 3 heterocycles. The lowest BCUT2D eigenvalue weighted by Crippen LogP contribution is -2.29. The maximum Gasteiger partial charge on any atom is 0.350 e. The van der Waals surface area contributed by atoms with Crippen molar-refractivity contribution in [2.75, 3.05) is 12.0 Å². The monoisotopic (exact) mass is 474 g/mol. The highest BCUT2D eigenvalue weighted by Gasteiger charge is 2.45. The zero-order valence-corrected chi connectivity index (χ0v) is 20.0. The van der Waals surface area contributed by atoms with Crippen LogP contribution in [0.5, 0.6) is 0 Å². The van der Waals surface area contributed by atoms with E-state index in [0.29, 0.717) is 26.7 Å². The normalized spacial score (nSPS) is 15.1. The Morgan fingerprint density at radius 1 is 1.15 bits per heavy atom. The smallest absolute Gasteiger partial charge is 0.350 e. The molecular weight excluding hydrogens is 452 g/mol. The number of benzene rings is 2. The summed E-state index contributed by atoms with van der Waals surface area (Å²) < 4.78 is 10.9. The van der Waals surface area contributed by atoms with Crippen LogP contribution in [0.4, 0.5) is 5.13 Å². The molecule has 8 heteroatoms. The first kappa shape index (κ1) is 22.0. The molecule has 172 valence electrons.